The van der Waals surface area contributed by atoms with Crippen molar-refractivity contribution in [2.75, 3.05) is 0 Å². The summed E-state index contributed by atoms with van der Waals surface area (Å²) in [6.45, 7) is 0. The molecule has 1 saturated carbocycles. The van der Waals surface area contributed by atoms with E-state index in [2.05, 4.69) is 5.32 Å². The van der Waals surface area contributed by atoms with Gasteiger partial charge in [-0.25, -0.2) is 4.39 Å². The number of carbonyl (C=O) groups excluding carboxylic acids is 1. The molecule has 0 unspecified atom stereocenters. The summed E-state index contributed by atoms with van der Waals surface area (Å²) in [6, 6.07) is 5.95. The molecular weight excluding hydrogens is 217 g/mol. The molecule has 0 heterocycles. The van der Waals surface area contributed by atoms with Gasteiger partial charge >= 0.3 is 0 Å². The van der Waals surface area contributed by atoms with Gasteiger partial charge in [-0.05, 0) is 30.5 Å². The first-order valence-electron chi connectivity index (χ1n) is 4.87. The number of hydrogen-bond donors (Lipinski definition) is 1. The maximum Gasteiger partial charge on any atom is 0.242 e. The summed E-state index contributed by atoms with van der Waals surface area (Å²) in [7, 11) is 0. The Labute approximate surface area is 92.4 Å². The number of hydrogen-bond acceptors (Lipinski definition) is 1. The molecule has 1 fully saturated rings. The fourth-order valence-electron chi connectivity index (χ4n) is 1.29. The molecule has 1 amide bonds. The summed E-state index contributed by atoms with van der Waals surface area (Å²) < 4.78 is 12.6. The molecule has 0 saturated heterocycles. The van der Waals surface area contributed by atoms with E-state index in [4.69, 9.17) is 11.6 Å². The predicted octanol–water partition coefficient (Wildman–Crippen LogP) is 2.38. The smallest absolute Gasteiger partial charge is 0.242 e. The second-order valence-corrected chi connectivity index (χ2v) is 4.13. The van der Waals surface area contributed by atoms with Gasteiger partial charge in [0.05, 0.1) is 0 Å². The number of alkyl halides is 1. The van der Waals surface area contributed by atoms with Crippen molar-refractivity contribution in [3.8, 4) is 0 Å². The number of nitrogens with one attached hydrogen (secondary N) is 1. The van der Waals surface area contributed by atoms with E-state index < -0.39 is 5.38 Å². The second-order valence-electron chi connectivity index (χ2n) is 3.70. The van der Waals surface area contributed by atoms with Gasteiger partial charge in [0.15, 0.2) is 0 Å². The summed E-state index contributed by atoms with van der Waals surface area (Å²) in [5.74, 6) is -0.531. The van der Waals surface area contributed by atoms with Crippen LogP contribution >= 0.6 is 11.6 Å². The van der Waals surface area contributed by atoms with Gasteiger partial charge in [0, 0.05) is 6.04 Å². The average Bonchev–Trinajstić information content (AvgIpc) is 3.02. The lowest BCUT2D eigenvalue weighted by atomic mass is 10.1. The molecule has 1 aliphatic carbocycles. The first-order chi connectivity index (χ1) is 7.16. The molecule has 2 rings (SSSR count). The van der Waals surface area contributed by atoms with Crippen molar-refractivity contribution < 1.29 is 9.18 Å². The fourth-order valence-corrected chi connectivity index (χ4v) is 1.49. The lowest BCUT2D eigenvalue weighted by molar-refractivity contribution is -0.121. The van der Waals surface area contributed by atoms with Crippen molar-refractivity contribution in [3.05, 3.63) is 35.6 Å². The molecular formula is C11H11ClFNO. The Bertz CT molecular complexity index is 361. The molecule has 1 atom stereocenters. The third-order valence-electron chi connectivity index (χ3n) is 2.32. The van der Waals surface area contributed by atoms with Crippen LogP contribution in [0.2, 0.25) is 0 Å². The van der Waals surface area contributed by atoms with Crippen molar-refractivity contribution in [1.29, 1.82) is 0 Å². The Morgan fingerprint density at radius 1 is 1.40 bits per heavy atom. The van der Waals surface area contributed by atoms with Gasteiger partial charge in [-0.1, -0.05) is 12.1 Å². The summed E-state index contributed by atoms with van der Waals surface area (Å²) in [4.78, 5) is 11.5. The molecule has 4 heteroatoms. The first kappa shape index (κ1) is 10.4. The fraction of sp³-hybridized carbons (Fsp3) is 0.364. The van der Waals surface area contributed by atoms with E-state index in [9.17, 15) is 9.18 Å². The highest BCUT2D eigenvalue weighted by atomic mass is 35.5. The van der Waals surface area contributed by atoms with Crippen LogP contribution < -0.4 is 5.32 Å². The Kier molecular flexibility index (Phi) is 2.91. The Balaban J connectivity index is 2.02. The lowest BCUT2D eigenvalue weighted by Crippen LogP contribution is -2.28. The molecule has 0 aliphatic heterocycles. The lowest BCUT2D eigenvalue weighted by Gasteiger charge is -2.09. The molecule has 0 bridgehead atoms. The Morgan fingerprint density at radius 2 is 2.00 bits per heavy atom. The Hall–Kier alpha value is -1.09. The quantitative estimate of drug-likeness (QED) is 0.790. The minimum absolute atomic E-state index is 0.203. The standard InChI is InChI=1S/C11H11ClFNO/c12-10(11(15)14-9-5-6-9)7-1-3-8(13)4-2-7/h1-4,9-10H,5-6H2,(H,14,15)/t10-/m0/s1. The third kappa shape index (κ3) is 2.69. The van der Waals surface area contributed by atoms with Gasteiger partial charge in [-0.15, -0.1) is 11.6 Å². The Morgan fingerprint density at radius 3 is 2.53 bits per heavy atom. The second kappa shape index (κ2) is 4.19. The molecule has 15 heavy (non-hydrogen) atoms. The van der Waals surface area contributed by atoms with Gasteiger partial charge in [0.2, 0.25) is 5.91 Å². The summed E-state index contributed by atoms with van der Waals surface area (Å²) in [5, 5.41) is 2.07. The highest BCUT2D eigenvalue weighted by molar-refractivity contribution is 6.30. The zero-order valence-corrected chi connectivity index (χ0v) is 8.80. The van der Waals surface area contributed by atoms with E-state index >= 15 is 0 Å². The van der Waals surface area contributed by atoms with Crippen LogP contribution in [0.1, 0.15) is 23.8 Å². The molecule has 80 valence electrons. The first-order valence-corrected chi connectivity index (χ1v) is 5.30. The van der Waals surface area contributed by atoms with Gasteiger partial charge < -0.3 is 5.32 Å². The van der Waals surface area contributed by atoms with Crippen LogP contribution in [0.25, 0.3) is 0 Å². The molecule has 0 aromatic heterocycles. The number of halogens is 2. The third-order valence-corrected chi connectivity index (χ3v) is 2.77. The van der Waals surface area contributed by atoms with E-state index in [0.29, 0.717) is 11.6 Å². The van der Waals surface area contributed by atoms with E-state index in [1.807, 2.05) is 0 Å². The van der Waals surface area contributed by atoms with Crippen molar-refractivity contribution in [3.63, 3.8) is 0 Å². The largest absolute Gasteiger partial charge is 0.352 e. The SMILES string of the molecule is O=C(NC1CC1)[C@@H](Cl)c1ccc(F)cc1. The average molecular weight is 228 g/mol. The van der Waals surface area contributed by atoms with Gasteiger partial charge in [0.1, 0.15) is 11.2 Å². The molecule has 1 N–H and O–H groups in total. The highest BCUT2D eigenvalue weighted by Gasteiger charge is 2.27. The number of rotatable bonds is 3. The van der Waals surface area contributed by atoms with Gasteiger partial charge in [0.25, 0.3) is 0 Å². The molecule has 2 nitrogen and oxygen atoms in total. The number of amides is 1. The molecule has 0 radical (unpaired) electrons. The summed E-state index contributed by atoms with van der Waals surface area (Å²) in [5.41, 5.74) is 0.621. The highest BCUT2D eigenvalue weighted by Crippen LogP contribution is 2.24. The van der Waals surface area contributed by atoms with Crippen LogP contribution in [0.5, 0.6) is 0 Å². The van der Waals surface area contributed by atoms with E-state index in [1.165, 1.54) is 24.3 Å². The number of benzene rings is 1. The molecule has 0 spiro atoms. The predicted molar refractivity (Wildman–Crippen MR) is 56.2 cm³/mol. The van der Waals surface area contributed by atoms with Crippen molar-refractivity contribution >= 4 is 17.5 Å². The summed E-state index contributed by atoms with van der Waals surface area (Å²) in [6.07, 6.45) is 2.05. The van der Waals surface area contributed by atoms with Gasteiger partial charge in [-0.3, -0.25) is 4.79 Å². The van der Waals surface area contributed by atoms with E-state index in [0.717, 1.165) is 12.8 Å². The zero-order valence-electron chi connectivity index (χ0n) is 8.04. The van der Waals surface area contributed by atoms with Crippen molar-refractivity contribution in [1.82, 2.24) is 5.32 Å². The van der Waals surface area contributed by atoms with Crippen LogP contribution in [0, 0.1) is 5.82 Å². The zero-order chi connectivity index (χ0) is 10.8. The van der Waals surface area contributed by atoms with Crippen LogP contribution in [0.4, 0.5) is 4.39 Å². The van der Waals surface area contributed by atoms with E-state index in [-0.39, 0.29) is 11.7 Å². The van der Waals surface area contributed by atoms with Crippen molar-refractivity contribution in [2.24, 2.45) is 0 Å². The molecule has 1 aliphatic rings. The molecule has 1 aromatic carbocycles. The summed E-state index contributed by atoms with van der Waals surface area (Å²) >= 11 is 5.95. The molecule has 1 aromatic rings. The minimum Gasteiger partial charge on any atom is -0.352 e. The monoisotopic (exact) mass is 227 g/mol. The topological polar surface area (TPSA) is 29.1 Å². The van der Waals surface area contributed by atoms with E-state index in [1.54, 1.807) is 0 Å². The van der Waals surface area contributed by atoms with Crippen LogP contribution in [-0.4, -0.2) is 11.9 Å². The maximum absolute atomic E-state index is 12.6. The van der Waals surface area contributed by atoms with Gasteiger partial charge in [-0.2, -0.15) is 0 Å². The number of carbonyl (C=O) groups is 1. The van der Waals surface area contributed by atoms with Crippen LogP contribution in [-0.2, 0) is 4.79 Å². The normalized spacial score (nSPS) is 17.2. The van der Waals surface area contributed by atoms with Crippen LogP contribution in [0.15, 0.2) is 24.3 Å². The minimum atomic E-state index is -0.730. The maximum atomic E-state index is 12.6. The van der Waals surface area contributed by atoms with Crippen molar-refractivity contribution in [2.45, 2.75) is 24.3 Å². The van der Waals surface area contributed by atoms with Crippen LogP contribution in [0.3, 0.4) is 0 Å².